The summed E-state index contributed by atoms with van der Waals surface area (Å²) < 4.78 is 32.9. The molecule has 2 rings (SSSR count). The fourth-order valence-corrected chi connectivity index (χ4v) is 4.48. The van der Waals surface area contributed by atoms with E-state index in [4.69, 9.17) is 4.74 Å². The van der Waals surface area contributed by atoms with Gasteiger partial charge in [0.05, 0.1) is 7.11 Å². The number of nitrogens with zero attached hydrogens (tertiary/aromatic N) is 1. The number of nitrogens with one attached hydrogen (secondary N) is 1. The quantitative estimate of drug-likeness (QED) is 0.863. The second kappa shape index (κ2) is 7.09. The van der Waals surface area contributed by atoms with Crippen molar-refractivity contribution in [1.82, 2.24) is 9.62 Å². The second-order valence-electron chi connectivity index (χ2n) is 4.46. The minimum Gasteiger partial charge on any atom is -0.495 e. The molecule has 1 aliphatic rings. The number of ether oxygens (including phenoxy) is 1. The van der Waals surface area contributed by atoms with Crippen LogP contribution in [0.5, 0.6) is 5.75 Å². The molecule has 114 valence electrons. The summed E-state index contributed by atoms with van der Waals surface area (Å²) in [6.45, 7) is 3.70. The summed E-state index contributed by atoms with van der Waals surface area (Å²) in [5, 5.41) is 3.18. The monoisotopic (exact) mass is 384 g/mol. The minimum atomic E-state index is -3.54. The lowest BCUT2D eigenvalue weighted by Crippen LogP contribution is -2.52. The van der Waals surface area contributed by atoms with Crippen molar-refractivity contribution in [3.8, 4) is 5.75 Å². The first-order valence-electron chi connectivity index (χ1n) is 6.03. The third-order valence-corrected chi connectivity index (χ3v) is 5.68. The van der Waals surface area contributed by atoms with Gasteiger partial charge in [-0.05, 0) is 25.1 Å². The zero-order chi connectivity index (χ0) is 14.0. The summed E-state index contributed by atoms with van der Waals surface area (Å²) in [6, 6.07) is 4.94. The van der Waals surface area contributed by atoms with Gasteiger partial charge in [0.25, 0.3) is 0 Å². The Bertz CT molecular complexity index is 568. The molecular weight excluding hydrogens is 368 g/mol. The molecule has 1 heterocycles. The van der Waals surface area contributed by atoms with Gasteiger partial charge < -0.3 is 10.1 Å². The van der Waals surface area contributed by atoms with Crippen LogP contribution < -0.4 is 10.1 Å². The number of hydrogen-bond acceptors (Lipinski definition) is 4. The number of methoxy groups -OCH3 is 1. The molecule has 8 heteroatoms. The van der Waals surface area contributed by atoms with E-state index in [1.54, 1.807) is 18.2 Å². The van der Waals surface area contributed by atoms with Gasteiger partial charge in [-0.15, -0.1) is 12.4 Å². The van der Waals surface area contributed by atoms with Crippen LogP contribution in [0.25, 0.3) is 0 Å². The van der Waals surface area contributed by atoms with E-state index < -0.39 is 10.0 Å². The lowest BCUT2D eigenvalue weighted by molar-refractivity contribution is 0.282. The van der Waals surface area contributed by atoms with Crippen LogP contribution in [0.3, 0.4) is 0 Å². The zero-order valence-electron chi connectivity index (χ0n) is 11.3. The first-order chi connectivity index (χ1) is 8.96. The number of hydrogen-bond donors (Lipinski definition) is 1. The maximum absolute atomic E-state index is 12.7. The van der Waals surface area contributed by atoms with Crippen molar-refractivity contribution in [2.45, 2.75) is 17.9 Å². The van der Waals surface area contributed by atoms with E-state index >= 15 is 0 Å². The van der Waals surface area contributed by atoms with Gasteiger partial charge in [0.1, 0.15) is 10.6 Å². The molecule has 0 aromatic heterocycles. The Labute approximate surface area is 134 Å². The predicted molar refractivity (Wildman–Crippen MR) is 84.2 cm³/mol. The van der Waals surface area contributed by atoms with Crippen LogP contribution in [0.2, 0.25) is 0 Å². The number of halogens is 2. The molecule has 1 N–H and O–H groups in total. The van der Waals surface area contributed by atoms with E-state index in [0.29, 0.717) is 25.4 Å². The fraction of sp³-hybridized carbons (Fsp3) is 0.500. The van der Waals surface area contributed by atoms with Crippen LogP contribution in [0, 0.1) is 0 Å². The normalized spacial score (nSPS) is 20.2. The molecule has 0 amide bonds. The molecule has 1 aromatic carbocycles. The topological polar surface area (TPSA) is 58.6 Å². The molecular formula is C12H18BrClN2O3S. The molecule has 1 aromatic rings. The molecule has 0 radical (unpaired) electrons. The maximum Gasteiger partial charge on any atom is 0.247 e. The van der Waals surface area contributed by atoms with Crippen molar-refractivity contribution in [1.29, 1.82) is 0 Å². The standard InChI is InChI=1S/C12H17BrN2O3S.ClH/c1-9-8-14-5-6-15(9)19(16,17)12-7-10(13)3-4-11(12)18-2;/h3-4,7,9,14H,5-6,8H2,1-2H3;1H. The van der Waals surface area contributed by atoms with E-state index in [2.05, 4.69) is 21.2 Å². The van der Waals surface area contributed by atoms with Gasteiger partial charge in [-0.2, -0.15) is 4.31 Å². The van der Waals surface area contributed by atoms with Crippen LogP contribution in [-0.2, 0) is 10.0 Å². The van der Waals surface area contributed by atoms with Gasteiger partial charge in [-0.1, -0.05) is 15.9 Å². The van der Waals surface area contributed by atoms with Gasteiger partial charge in [0.2, 0.25) is 10.0 Å². The maximum atomic E-state index is 12.7. The Balaban J connectivity index is 0.00000200. The Morgan fingerprint density at radius 2 is 2.15 bits per heavy atom. The third-order valence-electron chi connectivity index (χ3n) is 3.15. The smallest absolute Gasteiger partial charge is 0.247 e. The highest BCUT2D eigenvalue weighted by Crippen LogP contribution is 2.30. The minimum absolute atomic E-state index is 0. The van der Waals surface area contributed by atoms with Gasteiger partial charge in [0.15, 0.2) is 0 Å². The van der Waals surface area contributed by atoms with Crippen molar-refractivity contribution in [2.24, 2.45) is 0 Å². The molecule has 1 unspecified atom stereocenters. The van der Waals surface area contributed by atoms with Crippen LogP contribution in [0.1, 0.15) is 6.92 Å². The average molecular weight is 386 g/mol. The lowest BCUT2D eigenvalue weighted by Gasteiger charge is -2.33. The summed E-state index contributed by atoms with van der Waals surface area (Å²) in [4.78, 5) is 0.207. The number of rotatable bonds is 3. The predicted octanol–water partition coefficient (Wildman–Crippen LogP) is 1.86. The van der Waals surface area contributed by atoms with Crippen LogP contribution >= 0.6 is 28.3 Å². The van der Waals surface area contributed by atoms with Crippen LogP contribution in [0.15, 0.2) is 27.6 Å². The van der Waals surface area contributed by atoms with Gasteiger partial charge >= 0.3 is 0 Å². The molecule has 0 saturated carbocycles. The SMILES string of the molecule is COc1ccc(Br)cc1S(=O)(=O)N1CCNCC1C.Cl. The van der Waals surface area contributed by atoms with Crippen molar-refractivity contribution in [3.63, 3.8) is 0 Å². The lowest BCUT2D eigenvalue weighted by atomic mass is 10.3. The average Bonchev–Trinajstić information content (AvgIpc) is 2.39. The van der Waals surface area contributed by atoms with Gasteiger partial charge in [0, 0.05) is 30.1 Å². The first-order valence-corrected chi connectivity index (χ1v) is 8.26. The largest absolute Gasteiger partial charge is 0.495 e. The molecule has 1 aliphatic heterocycles. The summed E-state index contributed by atoms with van der Waals surface area (Å²) in [5.74, 6) is 0.369. The highest BCUT2D eigenvalue weighted by Gasteiger charge is 2.33. The van der Waals surface area contributed by atoms with Crippen molar-refractivity contribution in [2.75, 3.05) is 26.7 Å². The zero-order valence-corrected chi connectivity index (χ0v) is 14.5. The van der Waals surface area contributed by atoms with E-state index in [1.807, 2.05) is 6.92 Å². The fourth-order valence-electron chi connectivity index (χ4n) is 2.16. The number of piperazine rings is 1. The molecule has 1 fully saturated rings. The second-order valence-corrected chi connectivity index (χ2v) is 7.24. The molecule has 0 aliphatic carbocycles. The highest BCUT2D eigenvalue weighted by molar-refractivity contribution is 9.10. The van der Waals surface area contributed by atoms with Crippen LogP contribution in [0.4, 0.5) is 0 Å². The summed E-state index contributed by atoms with van der Waals surface area (Å²) in [6.07, 6.45) is 0. The van der Waals surface area contributed by atoms with E-state index in [0.717, 1.165) is 4.47 Å². The van der Waals surface area contributed by atoms with Gasteiger partial charge in [-0.25, -0.2) is 8.42 Å². The molecule has 20 heavy (non-hydrogen) atoms. The number of benzene rings is 1. The van der Waals surface area contributed by atoms with E-state index in [-0.39, 0.29) is 23.3 Å². The Morgan fingerprint density at radius 3 is 2.75 bits per heavy atom. The van der Waals surface area contributed by atoms with E-state index in [9.17, 15) is 8.42 Å². The Hall–Kier alpha value is -0.340. The Kier molecular flexibility index (Phi) is 6.27. The molecule has 1 saturated heterocycles. The van der Waals surface area contributed by atoms with E-state index in [1.165, 1.54) is 11.4 Å². The van der Waals surface area contributed by atoms with Crippen molar-refractivity contribution < 1.29 is 13.2 Å². The summed E-state index contributed by atoms with van der Waals surface area (Å²) in [7, 11) is -2.06. The third kappa shape index (κ3) is 3.46. The van der Waals surface area contributed by atoms with Crippen molar-refractivity contribution in [3.05, 3.63) is 22.7 Å². The van der Waals surface area contributed by atoms with Crippen LogP contribution in [-0.4, -0.2) is 45.5 Å². The van der Waals surface area contributed by atoms with Gasteiger partial charge in [-0.3, -0.25) is 0 Å². The van der Waals surface area contributed by atoms with Crippen molar-refractivity contribution >= 4 is 38.4 Å². The highest BCUT2D eigenvalue weighted by atomic mass is 79.9. The summed E-state index contributed by atoms with van der Waals surface area (Å²) in [5.41, 5.74) is 0. The number of sulfonamides is 1. The summed E-state index contributed by atoms with van der Waals surface area (Å²) >= 11 is 3.31. The Morgan fingerprint density at radius 1 is 1.45 bits per heavy atom. The molecule has 1 atom stereocenters. The first kappa shape index (κ1) is 17.7. The molecule has 5 nitrogen and oxygen atoms in total. The molecule has 0 spiro atoms. The molecule has 0 bridgehead atoms.